The molecule has 0 spiro atoms. The first kappa shape index (κ1) is 12.1. The smallest absolute Gasteiger partial charge is 0.312 e. The van der Waals surface area contributed by atoms with Gasteiger partial charge in [-0.25, -0.2) is 4.57 Å². The van der Waals surface area contributed by atoms with Gasteiger partial charge in [0.05, 0.1) is 13.2 Å². The molecule has 1 N–H and O–H groups in total. The molecule has 0 aliphatic heterocycles. The Morgan fingerprint density at radius 2 is 1.83 bits per heavy atom. The summed E-state index contributed by atoms with van der Waals surface area (Å²) < 4.78 is 40.6. The maximum absolute atomic E-state index is 10.8. The molecule has 0 aromatic heterocycles. The van der Waals surface area contributed by atoms with Crippen molar-refractivity contribution in [2.45, 2.75) is 13.8 Å². The molecule has 0 aromatic rings. The van der Waals surface area contributed by atoms with Crippen LogP contribution in [-0.4, -0.2) is 26.5 Å². The predicted octanol–water partition coefficient (Wildman–Crippen LogP) is 0.490. The van der Waals surface area contributed by atoms with E-state index < -0.39 is 16.5 Å². The van der Waals surface area contributed by atoms with Crippen LogP contribution >= 0.6 is 6.80 Å². The van der Waals surface area contributed by atoms with Gasteiger partial charge < -0.3 is 4.89 Å². The quantitative estimate of drug-likeness (QED) is 0.675. The molecule has 12 heavy (non-hydrogen) atoms. The molecule has 0 aromatic carbocycles. The van der Waals surface area contributed by atoms with Gasteiger partial charge in [0.1, 0.15) is 0 Å². The average molecular weight is 218 g/mol. The molecule has 1 unspecified atom stereocenters. The molecule has 0 saturated heterocycles. The highest BCUT2D eigenvalue weighted by Gasteiger charge is 2.38. The van der Waals surface area contributed by atoms with Gasteiger partial charge in [0, 0.05) is 0 Å². The fourth-order valence-corrected chi connectivity index (χ4v) is 2.75. The van der Waals surface area contributed by atoms with Crippen LogP contribution < -0.4 is 0 Å². The van der Waals surface area contributed by atoms with E-state index in [0.717, 1.165) is 0 Å². The van der Waals surface area contributed by atoms with Crippen molar-refractivity contribution >= 4 is 16.5 Å². The van der Waals surface area contributed by atoms with Gasteiger partial charge in [-0.3, -0.25) is 8.71 Å². The van der Waals surface area contributed by atoms with E-state index in [2.05, 4.69) is 8.71 Å². The van der Waals surface area contributed by atoms with Crippen LogP contribution in [0.2, 0.25) is 0 Å². The molecule has 0 radical (unpaired) electrons. The van der Waals surface area contributed by atoms with E-state index in [1.165, 1.54) is 13.8 Å². The van der Waals surface area contributed by atoms with Gasteiger partial charge in [-0.2, -0.15) is 8.42 Å². The van der Waals surface area contributed by atoms with Crippen LogP contribution in [0.15, 0.2) is 0 Å². The van der Waals surface area contributed by atoms with Crippen molar-refractivity contribution in [3.05, 3.63) is 0 Å². The molecular weight excluding hydrogens is 207 g/mol. The zero-order chi connectivity index (χ0) is 9.83. The Bertz CT molecular complexity index is 269. The van der Waals surface area contributed by atoms with Crippen LogP contribution in [0.1, 0.15) is 13.8 Å². The SMILES string of the molecule is CCOP(=O)(O)S(=O)(=O)OCC. The minimum atomic E-state index is -4.66. The zero-order valence-electron chi connectivity index (χ0n) is 6.76. The molecule has 0 fully saturated rings. The number of hydrogen-bond donors (Lipinski definition) is 1. The molecule has 0 aliphatic carbocycles. The van der Waals surface area contributed by atoms with E-state index in [-0.39, 0.29) is 13.2 Å². The third kappa shape index (κ3) is 2.84. The summed E-state index contributed by atoms with van der Waals surface area (Å²) in [6.07, 6.45) is 0. The van der Waals surface area contributed by atoms with Gasteiger partial charge in [0.25, 0.3) is 0 Å². The summed E-state index contributed by atoms with van der Waals surface area (Å²) in [5.74, 6) is 0. The fourth-order valence-electron chi connectivity index (χ4n) is 0.443. The van der Waals surface area contributed by atoms with E-state index in [9.17, 15) is 13.0 Å². The maximum atomic E-state index is 10.8. The third-order valence-corrected chi connectivity index (χ3v) is 4.85. The van der Waals surface area contributed by atoms with E-state index >= 15 is 0 Å². The molecule has 0 amide bonds. The first-order valence-corrected chi connectivity index (χ1v) is 6.83. The second-order valence-corrected chi connectivity index (χ2v) is 6.73. The lowest BCUT2D eigenvalue weighted by Crippen LogP contribution is -2.08. The molecule has 74 valence electrons. The lowest BCUT2D eigenvalue weighted by molar-refractivity contribution is 0.273. The molecule has 1 atom stereocenters. The zero-order valence-corrected chi connectivity index (χ0v) is 8.47. The summed E-state index contributed by atoms with van der Waals surface area (Å²) in [6.45, 7) is -2.22. The third-order valence-electron chi connectivity index (χ3n) is 0.842. The normalized spacial score (nSPS) is 17.2. The molecule has 0 rings (SSSR count). The topological polar surface area (TPSA) is 89.9 Å². The first-order chi connectivity index (χ1) is 5.37. The minimum absolute atomic E-state index is 0.167. The highest BCUT2D eigenvalue weighted by molar-refractivity contribution is 8.46. The molecular formula is C4H11O6PS. The molecule has 0 aliphatic rings. The highest BCUT2D eigenvalue weighted by Crippen LogP contribution is 2.49. The monoisotopic (exact) mass is 218 g/mol. The second kappa shape index (κ2) is 4.34. The lowest BCUT2D eigenvalue weighted by atomic mass is 10.9. The Balaban J connectivity index is 4.65. The Kier molecular flexibility index (Phi) is 4.36. The van der Waals surface area contributed by atoms with Gasteiger partial charge in [-0.05, 0) is 13.8 Å². The van der Waals surface area contributed by atoms with Crippen molar-refractivity contribution in [2.24, 2.45) is 0 Å². The van der Waals surface area contributed by atoms with E-state index in [0.29, 0.717) is 0 Å². The van der Waals surface area contributed by atoms with Crippen molar-refractivity contribution in [1.82, 2.24) is 0 Å². The number of rotatable bonds is 5. The van der Waals surface area contributed by atoms with E-state index in [1.807, 2.05) is 0 Å². The van der Waals surface area contributed by atoms with Crippen LogP contribution in [0.25, 0.3) is 0 Å². The average Bonchev–Trinajstić information content (AvgIpc) is 1.86. The summed E-state index contributed by atoms with van der Waals surface area (Å²) in [6, 6.07) is 0. The van der Waals surface area contributed by atoms with Crippen molar-refractivity contribution in [1.29, 1.82) is 0 Å². The molecule has 8 heteroatoms. The summed E-state index contributed by atoms with van der Waals surface area (Å²) in [7, 11) is -4.48. The Morgan fingerprint density at radius 3 is 2.17 bits per heavy atom. The van der Waals surface area contributed by atoms with Crippen LogP contribution in [0, 0.1) is 0 Å². The van der Waals surface area contributed by atoms with Crippen LogP contribution in [-0.2, 0) is 23.0 Å². The van der Waals surface area contributed by atoms with Crippen molar-refractivity contribution in [3.63, 3.8) is 0 Å². The van der Waals surface area contributed by atoms with Crippen molar-refractivity contribution in [2.75, 3.05) is 13.2 Å². The molecule has 0 bridgehead atoms. The van der Waals surface area contributed by atoms with Crippen LogP contribution in [0.4, 0.5) is 0 Å². The van der Waals surface area contributed by atoms with Gasteiger partial charge in [-0.1, -0.05) is 0 Å². The molecule has 0 heterocycles. The first-order valence-electron chi connectivity index (χ1n) is 3.24. The van der Waals surface area contributed by atoms with Gasteiger partial charge in [0.15, 0.2) is 0 Å². The lowest BCUT2D eigenvalue weighted by Gasteiger charge is -2.09. The standard InChI is InChI=1S/C4H11O6PS/c1-3-9-11(5,6)12(7,8)10-4-2/h3-4H2,1-2H3,(H,5,6). The van der Waals surface area contributed by atoms with Crippen molar-refractivity contribution in [3.8, 4) is 0 Å². The van der Waals surface area contributed by atoms with Gasteiger partial charge in [0.2, 0.25) is 0 Å². The summed E-state index contributed by atoms with van der Waals surface area (Å²) in [4.78, 5) is 8.79. The van der Waals surface area contributed by atoms with Crippen LogP contribution in [0.3, 0.4) is 0 Å². The van der Waals surface area contributed by atoms with E-state index in [1.54, 1.807) is 0 Å². The molecule has 0 saturated carbocycles. The number of hydrogen-bond acceptors (Lipinski definition) is 5. The summed E-state index contributed by atoms with van der Waals surface area (Å²) in [5, 5.41) is 0. The predicted molar refractivity (Wildman–Crippen MR) is 42.0 cm³/mol. The van der Waals surface area contributed by atoms with Gasteiger partial charge >= 0.3 is 16.5 Å². The summed E-state index contributed by atoms with van der Waals surface area (Å²) in [5.41, 5.74) is 0. The Hall–Kier alpha value is 0.0600. The van der Waals surface area contributed by atoms with Crippen LogP contribution in [0.5, 0.6) is 0 Å². The van der Waals surface area contributed by atoms with Crippen molar-refractivity contribution < 1.29 is 26.6 Å². The minimum Gasteiger partial charge on any atom is -0.312 e. The van der Waals surface area contributed by atoms with Gasteiger partial charge in [-0.15, -0.1) is 0 Å². The maximum Gasteiger partial charge on any atom is 0.469 e. The van der Waals surface area contributed by atoms with E-state index in [4.69, 9.17) is 4.89 Å². The largest absolute Gasteiger partial charge is 0.469 e. The fraction of sp³-hybridized carbons (Fsp3) is 1.00. The second-order valence-electron chi connectivity index (χ2n) is 1.72. The highest BCUT2D eigenvalue weighted by atomic mass is 32.8. The summed E-state index contributed by atoms with van der Waals surface area (Å²) >= 11 is 0. The Labute approximate surface area is 70.9 Å². The molecule has 6 nitrogen and oxygen atoms in total. The Morgan fingerprint density at radius 1 is 1.33 bits per heavy atom.